The molecule has 3 atom stereocenters. The maximum atomic E-state index is 14.8. The molecular weight excluding hydrogens is 365 g/mol. The highest BCUT2D eigenvalue weighted by Crippen LogP contribution is 2.67. The fraction of sp³-hybridized carbons (Fsp3) is 0.696. The summed E-state index contributed by atoms with van der Waals surface area (Å²) in [4.78, 5) is 0. The Bertz CT molecular complexity index is 652. The fourth-order valence-electron chi connectivity index (χ4n) is 5.31. The second kappa shape index (κ2) is 9.69. The van der Waals surface area contributed by atoms with Crippen molar-refractivity contribution in [3.63, 3.8) is 0 Å². The Morgan fingerprint density at radius 2 is 1.39 bits per heavy atom. The quantitative estimate of drug-likeness (QED) is 0.366. The number of fused-ring (bicyclic) bond motifs is 1. The van der Waals surface area contributed by atoms with E-state index in [0.29, 0.717) is 24.2 Å². The summed E-state index contributed by atoms with van der Waals surface area (Å²) in [6, 6.07) is 11.6. The number of nitrogens with zero attached hydrogens (tertiary/aromatic N) is 3. The lowest BCUT2D eigenvalue weighted by Gasteiger charge is -2.36. The summed E-state index contributed by atoms with van der Waals surface area (Å²) in [5, 5.41) is 0. The topological polar surface area (TPSA) is 35.9 Å². The Balaban J connectivity index is 2.09. The Morgan fingerprint density at radius 3 is 1.82 bits per heavy atom. The largest absolute Gasteiger partial charge is 0.330 e. The third-order valence-corrected chi connectivity index (χ3v) is 9.63. The lowest BCUT2D eigenvalue weighted by Crippen LogP contribution is -2.44. The Hall–Kier alpha value is -0.960. The van der Waals surface area contributed by atoms with Crippen LogP contribution in [0.15, 0.2) is 35.1 Å². The lowest BCUT2D eigenvalue weighted by atomic mass is 9.88. The van der Waals surface area contributed by atoms with Crippen LogP contribution in [0.1, 0.15) is 84.6 Å². The van der Waals surface area contributed by atoms with Gasteiger partial charge in [0, 0.05) is 30.4 Å². The summed E-state index contributed by atoms with van der Waals surface area (Å²) in [5.74, 6) is 0. The molecule has 0 N–H and O–H groups in total. The molecule has 0 spiro atoms. The third kappa shape index (κ3) is 4.01. The van der Waals surface area contributed by atoms with Crippen molar-refractivity contribution in [2.24, 2.45) is 4.76 Å². The first-order valence-electron chi connectivity index (χ1n) is 11.4. The zero-order valence-corrected chi connectivity index (χ0v) is 19.0. The molecule has 1 aliphatic heterocycles. The van der Waals surface area contributed by atoms with Crippen LogP contribution in [0.5, 0.6) is 0 Å². The first-order chi connectivity index (χ1) is 13.6. The van der Waals surface area contributed by atoms with Crippen LogP contribution in [0.4, 0.5) is 0 Å². The molecule has 2 unspecified atom stereocenters. The van der Waals surface area contributed by atoms with Gasteiger partial charge < -0.3 is 0 Å². The normalized spacial score (nSPS) is 29.2. The smallest absolute Gasteiger partial charge is 0.262 e. The van der Waals surface area contributed by atoms with Gasteiger partial charge in [0.25, 0.3) is 0 Å². The van der Waals surface area contributed by atoms with Crippen LogP contribution in [-0.2, 0) is 4.57 Å². The zero-order chi connectivity index (χ0) is 20.1. The van der Waals surface area contributed by atoms with Gasteiger partial charge in [-0.15, -0.1) is 0 Å². The van der Waals surface area contributed by atoms with Crippen LogP contribution in [0, 0.1) is 0 Å². The van der Waals surface area contributed by atoms with Gasteiger partial charge in [0.15, 0.2) is 0 Å². The first-order valence-corrected chi connectivity index (χ1v) is 12.9. The van der Waals surface area contributed by atoms with Gasteiger partial charge in [0.05, 0.1) is 0 Å². The van der Waals surface area contributed by atoms with Crippen LogP contribution in [0.3, 0.4) is 0 Å². The predicted molar refractivity (Wildman–Crippen MR) is 120 cm³/mol. The molecule has 156 valence electrons. The van der Waals surface area contributed by atoms with Crippen molar-refractivity contribution in [1.82, 2.24) is 9.34 Å². The van der Waals surface area contributed by atoms with E-state index < -0.39 is 7.59 Å². The van der Waals surface area contributed by atoms with Crippen molar-refractivity contribution in [3.8, 4) is 0 Å². The highest BCUT2D eigenvalue weighted by atomic mass is 31.2. The van der Waals surface area contributed by atoms with Gasteiger partial charge in [0.2, 0.25) is 0 Å². The standard InChI is InChI=1S/C23H38N3OP/c1-5-20(6-2)25-22-16-12-13-17-23(22)26(21(7-3)8-4)28(25,27)24-18-19-14-10-9-11-15-19/h9-11,14-15,18,20-23H,5-8,12-13,16-17H2,1-4H3/b24-18+/t22-,23?,28?/m1/s1. The van der Waals surface area contributed by atoms with E-state index in [2.05, 4.69) is 37.0 Å². The Kier molecular flexibility index (Phi) is 7.53. The lowest BCUT2D eigenvalue weighted by molar-refractivity contribution is 0.152. The number of benzene rings is 1. The minimum Gasteiger partial charge on any atom is -0.262 e. The average Bonchev–Trinajstić information content (AvgIpc) is 2.99. The predicted octanol–water partition coefficient (Wildman–Crippen LogP) is 6.52. The minimum atomic E-state index is -3.00. The van der Waals surface area contributed by atoms with Crippen LogP contribution in [-0.4, -0.2) is 39.7 Å². The van der Waals surface area contributed by atoms with Crippen molar-refractivity contribution in [2.45, 2.75) is 103 Å². The van der Waals surface area contributed by atoms with E-state index in [0.717, 1.165) is 44.1 Å². The number of hydrogen-bond donors (Lipinski definition) is 0. The highest BCUT2D eigenvalue weighted by molar-refractivity contribution is 7.58. The molecule has 0 amide bonds. The average molecular weight is 404 g/mol. The SMILES string of the molecule is CCC(CC)N1C2CCCC[C@H]2N(C(CC)CC)P1(=O)/N=C/c1ccccc1. The molecule has 1 saturated carbocycles. The van der Waals surface area contributed by atoms with Gasteiger partial charge in [-0.25, -0.2) is 14.1 Å². The third-order valence-electron chi connectivity index (χ3n) is 6.77. The molecule has 5 heteroatoms. The molecule has 3 rings (SSSR count). The molecule has 0 aromatic heterocycles. The molecule has 1 aromatic rings. The number of hydrogen-bond acceptors (Lipinski definition) is 1. The maximum Gasteiger partial charge on any atom is 0.330 e. The van der Waals surface area contributed by atoms with Crippen molar-refractivity contribution in [3.05, 3.63) is 35.9 Å². The molecule has 0 bridgehead atoms. The van der Waals surface area contributed by atoms with E-state index in [1.807, 2.05) is 36.5 Å². The molecular formula is C23H38N3OP. The molecule has 1 saturated heterocycles. The van der Waals surface area contributed by atoms with Gasteiger partial charge in [-0.1, -0.05) is 70.9 Å². The summed E-state index contributed by atoms with van der Waals surface area (Å²) < 4.78 is 24.5. The summed E-state index contributed by atoms with van der Waals surface area (Å²) >= 11 is 0. The van der Waals surface area contributed by atoms with Crippen molar-refractivity contribution < 1.29 is 4.57 Å². The molecule has 2 aliphatic rings. The van der Waals surface area contributed by atoms with Gasteiger partial charge in [-0.3, -0.25) is 4.57 Å². The highest BCUT2D eigenvalue weighted by Gasteiger charge is 2.58. The van der Waals surface area contributed by atoms with E-state index in [1.54, 1.807) is 0 Å². The van der Waals surface area contributed by atoms with E-state index >= 15 is 0 Å². The van der Waals surface area contributed by atoms with Crippen molar-refractivity contribution in [1.29, 1.82) is 0 Å². The summed E-state index contributed by atoms with van der Waals surface area (Å²) in [6.07, 6.45) is 10.8. The van der Waals surface area contributed by atoms with Gasteiger partial charge in [0.1, 0.15) is 0 Å². The van der Waals surface area contributed by atoms with Crippen molar-refractivity contribution >= 4 is 13.8 Å². The summed E-state index contributed by atoms with van der Waals surface area (Å²) in [5.41, 5.74) is 1.03. The molecule has 28 heavy (non-hydrogen) atoms. The number of rotatable bonds is 8. The first kappa shape index (κ1) is 21.7. The molecule has 0 radical (unpaired) electrons. The van der Waals surface area contributed by atoms with Gasteiger partial charge >= 0.3 is 7.59 Å². The zero-order valence-electron chi connectivity index (χ0n) is 18.1. The van der Waals surface area contributed by atoms with E-state index in [1.165, 1.54) is 12.8 Å². The van der Waals surface area contributed by atoms with Crippen LogP contribution in [0.2, 0.25) is 0 Å². The van der Waals surface area contributed by atoms with E-state index in [4.69, 9.17) is 4.76 Å². The molecule has 1 aromatic carbocycles. The second-order valence-electron chi connectivity index (χ2n) is 8.29. The minimum absolute atomic E-state index is 0.337. The van der Waals surface area contributed by atoms with Crippen LogP contribution < -0.4 is 0 Å². The van der Waals surface area contributed by atoms with Gasteiger partial charge in [-0.05, 0) is 44.1 Å². The van der Waals surface area contributed by atoms with E-state index in [-0.39, 0.29) is 0 Å². The monoisotopic (exact) mass is 403 g/mol. The van der Waals surface area contributed by atoms with E-state index in [9.17, 15) is 4.57 Å². The molecule has 4 nitrogen and oxygen atoms in total. The summed E-state index contributed by atoms with van der Waals surface area (Å²) in [6.45, 7) is 8.93. The Morgan fingerprint density at radius 1 is 0.929 bits per heavy atom. The second-order valence-corrected chi connectivity index (χ2v) is 10.5. The molecule has 1 heterocycles. The van der Waals surface area contributed by atoms with Gasteiger partial charge in [-0.2, -0.15) is 0 Å². The Labute approximate surface area is 171 Å². The fourth-order valence-corrected chi connectivity index (χ4v) is 8.88. The van der Waals surface area contributed by atoms with Crippen LogP contribution in [0.25, 0.3) is 0 Å². The summed E-state index contributed by atoms with van der Waals surface area (Å²) in [7, 11) is -3.00. The van der Waals surface area contributed by atoms with Crippen LogP contribution >= 0.6 is 7.59 Å². The van der Waals surface area contributed by atoms with Crippen molar-refractivity contribution in [2.75, 3.05) is 0 Å². The molecule has 2 fully saturated rings. The molecule has 1 aliphatic carbocycles. The maximum absolute atomic E-state index is 14.8.